The van der Waals surface area contributed by atoms with E-state index in [1.54, 1.807) is 24.3 Å². The molecule has 6 rings (SSSR count). The van der Waals surface area contributed by atoms with Crippen molar-refractivity contribution in [1.82, 2.24) is 30.3 Å². The van der Waals surface area contributed by atoms with Gasteiger partial charge in [0, 0.05) is 29.2 Å². The van der Waals surface area contributed by atoms with Crippen molar-refractivity contribution >= 4 is 56.9 Å². The number of aromatic nitrogens is 3. The average molecular weight is 765 g/mol. The zero-order valence-electron chi connectivity index (χ0n) is 27.7. The number of sulfonamides is 1. The quantitative estimate of drug-likeness (QED) is 0.122. The maximum absolute atomic E-state index is 12.9. The van der Waals surface area contributed by atoms with Crippen molar-refractivity contribution in [1.29, 1.82) is 0 Å². The largest absolute Gasteiger partial charge is 0.454 e. The topological polar surface area (TPSA) is 193 Å². The molecule has 3 aliphatic carbocycles. The lowest BCUT2D eigenvalue weighted by molar-refractivity contribution is -0.154. The van der Waals surface area contributed by atoms with Gasteiger partial charge in [-0.1, -0.05) is 23.7 Å². The van der Waals surface area contributed by atoms with Gasteiger partial charge < -0.3 is 26.0 Å². The Labute approximate surface area is 302 Å². The Kier molecular flexibility index (Phi) is 10.5. The molecular formula is C33H36ClF3N8O6S. The van der Waals surface area contributed by atoms with Crippen LogP contribution in [0.1, 0.15) is 73.7 Å². The van der Waals surface area contributed by atoms with Crippen LogP contribution in [0.4, 0.5) is 30.8 Å². The highest BCUT2D eigenvalue weighted by molar-refractivity contribution is 7.91. The van der Waals surface area contributed by atoms with Gasteiger partial charge in [-0.3, -0.25) is 19.1 Å². The lowest BCUT2D eigenvalue weighted by Gasteiger charge is -2.19. The first-order valence-corrected chi connectivity index (χ1v) is 18.6. The normalized spacial score (nSPS) is 17.0. The van der Waals surface area contributed by atoms with Crippen molar-refractivity contribution in [2.24, 2.45) is 0 Å². The second kappa shape index (κ2) is 14.7. The van der Waals surface area contributed by atoms with E-state index in [9.17, 15) is 36.0 Å². The molecule has 3 saturated carbocycles. The van der Waals surface area contributed by atoms with Gasteiger partial charge in [0.2, 0.25) is 27.8 Å². The third-order valence-electron chi connectivity index (χ3n) is 8.76. The minimum absolute atomic E-state index is 0.00691. The highest BCUT2D eigenvalue weighted by Crippen LogP contribution is 2.48. The predicted molar refractivity (Wildman–Crippen MR) is 183 cm³/mol. The van der Waals surface area contributed by atoms with Gasteiger partial charge >= 0.3 is 12.2 Å². The second-order valence-corrected chi connectivity index (χ2v) is 15.5. The van der Waals surface area contributed by atoms with Gasteiger partial charge in [0.15, 0.2) is 6.61 Å². The third kappa shape index (κ3) is 9.78. The first-order valence-electron chi connectivity index (χ1n) is 16.7. The van der Waals surface area contributed by atoms with Crippen LogP contribution in [-0.2, 0) is 25.2 Å². The number of anilines is 3. The zero-order chi connectivity index (χ0) is 37.1. The van der Waals surface area contributed by atoms with Crippen LogP contribution in [0.25, 0.3) is 0 Å². The Balaban J connectivity index is 0.980. The van der Waals surface area contributed by atoms with E-state index in [0.717, 1.165) is 18.4 Å². The summed E-state index contributed by atoms with van der Waals surface area (Å²) in [6, 6.07) is 12.9. The number of ether oxygens (including phenoxy) is 1. The van der Waals surface area contributed by atoms with Crippen LogP contribution in [0, 0.1) is 0 Å². The molecule has 0 unspecified atom stereocenters. The second-order valence-electron chi connectivity index (χ2n) is 13.1. The fourth-order valence-electron chi connectivity index (χ4n) is 5.37. The van der Waals surface area contributed by atoms with Crippen molar-refractivity contribution in [3.8, 4) is 6.01 Å². The lowest BCUT2D eigenvalue weighted by atomic mass is 10.1. The van der Waals surface area contributed by atoms with Crippen LogP contribution in [0.2, 0.25) is 5.02 Å². The van der Waals surface area contributed by atoms with Gasteiger partial charge in [0.1, 0.15) is 5.54 Å². The van der Waals surface area contributed by atoms with Crippen LogP contribution in [-0.4, -0.2) is 71.2 Å². The van der Waals surface area contributed by atoms with Crippen molar-refractivity contribution < 1.29 is 40.7 Å². The molecule has 0 bridgehead atoms. The number of rotatable bonds is 17. The number of nitrogens with zero attached hydrogens (tertiary/aromatic N) is 3. The average Bonchev–Trinajstić information content (AvgIpc) is 3.94. The molecular weight excluding hydrogens is 729 g/mol. The van der Waals surface area contributed by atoms with E-state index in [1.807, 2.05) is 12.1 Å². The summed E-state index contributed by atoms with van der Waals surface area (Å²) in [6.45, 7) is -1.32. The summed E-state index contributed by atoms with van der Waals surface area (Å²) < 4.78 is 69.8. The Morgan fingerprint density at radius 1 is 0.904 bits per heavy atom. The number of halogens is 4. The summed E-state index contributed by atoms with van der Waals surface area (Å²) in [5.74, 6) is -1.52. The summed E-state index contributed by atoms with van der Waals surface area (Å²) in [5, 5.41) is 11.6. The monoisotopic (exact) mass is 764 g/mol. The van der Waals surface area contributed by atoms with E-state index in [0.29, 0.717) is 54.8 Å². The van der Waals surface area contributed by atoms with Crippen LogP contribution < -0.4 is 30.7 Å². The number of alkyl halides is 3. The fourth-order valence-corrected chi connectivity index (χ4v) is 6.88. The molecule has 1 aromatic heterocycles. The van der Waals surface area contributed by atoms with Crippen molar-refractivity contribution in [2.45, 2.75) is 80.3 Å². The molecule has 3 aromatic rings. The molecule has 0 saturated heterocycles. The molecule has 3 fully saturated rings. The molecule has 0 atom stereocenters. The van der Waals surface area contributed by atoms with E-state index >= 15 is 0 Å². The smallest absolute Gasteiger partial charge is 0.422 e. The van der Waals surface area contributed by atoms with Crippen molar-refractivity contribution in [2.75, 3.05) is 23.8 Å². The van der Waals surface area contributed by atoms with Crippen molar-refractivity contribution in [3.63, 3.8) is 0 Å². The van der Waals surface area contributed by atoms with E-state index in [-0.39, 0.29) is 36.7 Å². The summed E-state index contributed by atoms with van der Waals surface area (Å²) in [4.78, 5) is 50.0. The molecule has 0 aliphatic heterocycles. The van der Waals surface area contributed by atoms with Crippen LogP contribution in [0.5, 0.6) is 6.01 Å². The van der Waals surface area contributed by atoms with Crippen LogP contribution in [0.3, 0.4) is 0 Å². The Bertz CT molecular complexity index is 1920. The SMILES string of the molecule is O=C(CCCCNC(=O)c1ccc(Nc2nc(NC3(c4ccc(Cl)cc4)CC3)nc(OCC(F)(F)F)n2)cc1)NC1(C(=O)NS(=O)(=O)C2CC2)CC1. The van der Waals surface area contributed by atoms with Gasteiger partial charge in [0.25, 0.3) is 11.8 Å². The van der Waals surface area contributed by atoms with Crippen LogP contribution >= 0.6 is 11.6 Å². The van der Waals surface area contributed by atoms with Gasteiger partial charge in [-0.15, -0.1) is 0 Å². The Morgan fingerprint density at radius 3 is 2.19 bits per heavy atom. The molecule has 3 aliphatic rings. The summed E-state index contributed by atoms with van der Waals surface area (Å²) in [5.41, 5.74) is -0.0236. The highest BCUT2D eigenvalue weighted by atomic mass is 35.5. The van der Waals surface area contributed by atoms with E-state index < -0.39 is 51.1 Å². The molecule has 5 N–H and O–H groups in total. The highest BCUT2D eigenvalue weighted by Gasteiger charge is 2.53. The summed E-state index contributed by atoms with van der Waals surface area (Å²) in [6.07, 6.45) is -0.375. The summed E-state index contributed by atoms with van der Waals surface area (Å²) >= 11 is 6.02. The minimum Gasteiger partial charge on any atom is -0.454 e. The van der Waals surface area contributed by atoms with Gasteiger partial charge in [0.05, 0.1) is 10.8 Å². The Hall–Kier alpha value is -4.71. The number of hydrogen-bond donors (Lipinski definition) is 5. The predicted octanol–water partition coefficient (Wildman–Crippen LogP) is 4.47. The fraction of sp³-hybridized carbons (Fsp3) is 0.455. The Morgan fingerprint density at radius 2 is 1.58 bits per heavy atom. The van der Waals surface area contributed by atoms with E-state index in [1.165, 1.54) is 12.1 Å². The number of benzene rings is 2. The number of hydrogen-bond acceptors (Lipinski definition) is 11. The standard InChI is InChI=1S/C33H36ClF3N8O6S/c34-22-8-6-21(7-9-22)31(14-15-31)44-29-40-28(41-30(42-29)51-19-33(35,36)37)39-23-10-4-20(5-11-23)26(47)38-18-2-1-3-25(46)43-32(16-17-32)27(48)45-52(49,50)24-12-13-24/h4-11,24H,1-3,12-19H2,(H,38,47)(H,43,46)(H,45,48)(H2,39,40,41,42,44). The number of unbranched alkanes of at least 4 members (excludes halogenated alkanes) is 1. The molecule has 52 heavy (non-hydrogen) atoms. The molecule has 0 radical (unpaired) electrons. The van der Waals surface area contributed by atoms with E-state index in [4.69, 9.17) is 16.3 Å². The first kappa shape index (κ1) is 37.1. The molecule has 19 heteroatoms. The minimum atomic E-state index is -4.61. The first-order chi connectivity index (χ1) is 24.6. The van der Waals surface area contributed by atoms with Crippen LogP contribution in [0.15, 0.2) is 48.5 Å². The summed E-state index contributed by atoms with van der Waals surface area (Å²) in [7, 11) is -3.70. The van der Waals surface area contributed by atoms with Gasteiger partial charge in [-0.25, -0.2) is 8.42 Å². The van der Waals surface area contributed by atoms with Gasteiger partial charge in [-0.2, -0.15) is 28.1 Å². The maximum atomic E-state index is 12.9. The molecule has 0 spiro atoms. The third-order valence-corrected chi connectivity index (χ3v) is 10.8. The molecule has 14 nitrogen and oxygen atoms in total. The number of carbonyl (C=O) groups is 3. The van der Waals surface area contributed by atoms with Gasteiger partial charge in [-0.05, 0) is 93.3 Å². The number of amides is 3. The number of carbonyl (C=O) groups excluding carboxylic acids is 3. The zero-order valence-corrected chi connectivity index (χ0v) is 29.3. The van der Waals surface area contributed by atoms with E-state index in [2.05, 4.69) is 40.9 Å². The molecule has 278 valence electrons. The maximum Gasteiger partial charge on any atom is 0.422 e. The lowest BCUT2D eigenvalue weighted by Crippen LogP contribution is -2.51. The number of nitrogens with one attached hydrogen (secondary N) is 5. The molecule has 2 aromatic carbocycles. The van der Waals surface area contributed by atoms with Crippen molar-refractivity contribution in [3.05, 3.63) is 64.7 Å². The molecule has 3 amide bonds. The molecule has 1 heterocycles.